The number of rotatable bonds is 4. The summed E-state index contributed by atoms with van der Waals surface area (Å²) in [5, 5.41) is 9.27. The van der Waals surface area contributed by atoms with E-state index in [0.29, 0.717) is 11.5 Å². The van der Waals surface area contributed by atoms with Crippen molar-refractivity contribution in [3.8, 4) is 0 Å². The number of benzene rings is 1. The number of aliphatic hydroxyl groups is 1. The molecule has 1 aromatic carbocycles. The van der Waals surface area contributed by atoms with Crippen molar-refractivity contribution in [2.75, 3.05) is 18.5 Å². The second-order valence-electron chi connectivity index (χ2n) is 3.64. The smallest absolute Gasteiger partial charge is 0.104 e. The Hall–Kier alpha value is -1.13. The molecule has 0 saturated carbocycles. The minimum Gasteiger partial charge on any atom is -0.392 e. The topological polar surface area (TPSA) is 49.5 Å². The van der Waals surface area contributed by atoms with Crippen molar-refractivity contribution < 1.29 is 5.11 Å². The van der Waals surface area contributed by atoms with Crippen LogP contribution in [0.3, 0.4) is 0 Å². The number of aliphatic hydroxyl groups excluding tert-OH is 1. The van der Waals surface area contributed by atoms with Crippen LogP contribution in [0, 0.1) is 0 Å². The molecule has 3 nitrogen and oxygen atoms in total. The zero-order chi connectivity index (χ0) is 11.4. The van der Waals surface area contributed by atoms with Crippen molar-refractivity contribution in [1.29, 1.82) is 0 Å². The number of anilines is 1. The van der Waals surface area contributed by atoms with Gasteiger partial charge in [0.05, 0.1) is 6.10 Å². The van der Waals surface area contributed by atoms with Gasteiger partial charge in [-0.15, -0.1) is 0 Å². The maximum absolute atomic E-state index is 9.27. The highest BCUT2D eigenvalue weighted by Gasteiger charge is 2.05. The normalized spacial score (nSPS) is 12.2. The Balaban J connectivity index is 2.85. The van der Waals surface area contributed by atoms with E-state index in [9.17, 15) is 5.11 Å². The minimum atomic E-state index is -0.358. The summed E-state index contributed by atoms with van der Waals surface area (Å²) in [5.74, 6) is 0. The molecular formula is C11H16N2OS. The first-order chi connectivity index (χ1) is 7.00. The third kappa shape index (κ3) is 3.49. The zero-order valence-corrected chi connectivity index (χ0v) is 9.79. The van der Waals surface area contributed by atoms with Crippen molar-refractivity contribution in [2.45, 2.75) is 13.0 Å². The number of likely N-dealkylation sites (N-methyl/N-ethyl adjacent to an activating group) is 1. The summed E-state index contributed by atoms with van der Waals surface area (Å²) in [7, 11) is 1.92. The molecule has 0 bridgehead atoms. The van der Waals surface area contributed by atoms with E-state index in [1.54, 1.807) is 6.92 Å². The average Bonchev–Trinajstić information content (AvgIpc) is 2.17. The van der Waals surface area contributed by atoms with Gasteiger partial charge in [0, 0.05) is 24.8 Å². The van der Waals surface area contributed by atoms with Gasteiger partial charge in [-0.1, -0.05) is 24.4 Å². The average molecular weight is 224 g/mol. The van der Waals surface area contributed by atoms with Crippen LogP contribution < -0.4 is 10.6 Å². The van der Waals surface area contributed by atoms with E-state index in [1.165, 1.54) is 0 Å². The molecule has 82 valence electrons. The highest BCUT2D eigenvalue weighted by atomic mass is 32.1. The van der Waals surface area contributed by atoms with Crippen LogP contribution >= 0.6 is 12.2 Å². The van der Waals surface area contributed by atoms with Gasteiger partial charge >= 0.3 is 0 Å². The predicted molar refractivity (Wildman–Crippen MR) is 67.3 cm³/mol. The number of thiocarbonyl (C=S) groups is 1. The fraction of sp³-hybridized carbons (Fsp3) is 0.364. The van der Waals surface area contributed by atoms with Crippen LogP contribution in [0.2, 0.25) is 0 Å². The molecule has 4 heteroatoms. The lowest BCUT2D eigenvalue weighted by molar-refractivity contribution is 0.201. The Morgan fingerprint density at radius 1 is 1.60 bits per heavy atom. The summed E-state index contributed by atoms with van der Waals surface area (Å²) < 4.78 is 0. The molecule has 1 aromatic rings. The largest absolute Gasteiger partial charge is 0.392 e. The fourth-order valence-corrected chi connectivity index (χ4v) is 1.53. The lowest BCUT2D eigenvalue weighted by Gasteiger charge is -2.21. The van der Waals surface area contributed by atoms with Crippen LogP contribution in [0.25, 0.3) is 0 Å². The van der Waals surface area contributed by atoms with Gasteiger partial charge in [0.15, 0.2) is 0 Å². The molecule has 1 atom stereocenters. The van der Waals surface area contributed by atoms with Gasteiger partial charge in [-0.2, -0.15) is 0 Å². The van der Waals surface area contributed by atoms with E-state index in [4.69, 9.17) is 18.0 Å². The summed E-state index contributed by atoms with van der Waals surface area (Å²) >= 11 is 4.91. The predicted octanol–water partition coefficient (Wildman–Crippen LogP) is 1.14. The van der Waals surface area contributed by atoms with Gasteiger partial charge in [0.1, 0.15) is 4.99 Å². The van der Waals surface area contributed by atoms with E-state index in [-0.39, 0.29) is 6.10 Å². The molecule has 0 aliphatic rings. The van der Waals surface area contributed by atoms with Crippen LogP contribution in [0.1, 0.15) is 12.5 Å². The van der Waals surface area contributed by atoms with Crippen molar-refractivity contribution in [3.63, 3.8) is 0 Å². The van der Waals surface area contributed by atoms with Crippen molar-refractivity contribution in [1.82, 2.24) is 0 Å². The maximum Gasteiger partial charge on any atom is 0.104 e. The molecule has 3 N–H and O–H groups in total. The van der Waals surface area contributed by atoms with Crippen LogP contribution in [-0.4, -0.2) is 29.8 Å². The van der Waals surface area contributed by atoms with Crippen LogP contribution in [0.4, 0.5) is 5.69 Å². The fourth-order valence-electron chi connectivity index (χ4n) is 1.40. The van der Waals surface area contributed by atoms with Gasteiger partial charge in [0.2, 0.25) is 0 Å². The molecule has 0 amide bonds. The Labute approximate surface area is 95.5 Å². The zero-order valence-electron chi connectivity index (χ0n) is 8.97. The second-order valence-corrected chi connectivity index (χ2v) is 4.08. The summed E-state index contributed by atoms with van der Waals surface area (Å²) in [6, 6.07) is 7.67. The Kier molecular flexibility index (Phi) is 4.05. The summed E-state index contributed by atoms with van der Waals surface area (Å²) in [6.07, 6.45) is -0.358. The molecule has 1 rings (SSSR count). The van der Waals surface area contributed by atoms with Gasteiger partial charge in [-0.25, -0.2) is 0 Å². The van der Waals surface area contributed by atoms with Gasteiger partial charge in [-0.3, -0.25) is 0 Å². The maximum atomic E-state index is 9.27. The molecule has 0 fully saturated rings. The molecule has 0 saturated heterocycles. The Bertz CT molecular complexity index is 352. The first-order valence-corrected chi connectivity index (χ1v) is 5.20. The third-order valence-corrected chi connectivity index (χ3v) is 2.35. The van der Waals surface area contributed by atoms with Crippen molar-refractivity contribution in [3.05, 3.63) is 29.8 Å². The third-order valence-electron chi connectivity index (χ3n) is 2.11. The molecule has 0 aliphatic heterocycles. The number of hydrogen-bond donors (Lipinski definition) is 2. The summed E-state index contributed by atoms with van der Waals surface area (Å²) in [6.45, 7) is 2.34. The summed E-state index contributed by atoms with van der Waals surface area (Å²) in [5.41, 5.74) is 7.40. The molecule has 15 heavy (non-hydrogen) atoms. The Morgan fingerprint density at radius 3 is 2.80 bits per heavy atom. The molecule has 0 aromatic heterocycles. The molecule has 0 radical (unpaired) electrons. The van der Waals surface area contributed by atoms with Gasteiger partial charge in [0.25, 0.3) is 0 Å². The van der Waals surface area contributed by atoms with Crippen LogP contribution in [0.5, 0.6) is 0 Å². The molecule has 0 heterocycles. The monoisotopic (exact) mass is 224 g/mol. The highest BCUT2D eigenvalue weighted by molar-refractivity contribution is 7.80. The number of nitrogens with zero attached hydrogens (tertiary/aromatic N) is 1. The van der Waals surface area contributed by atoms with E-state index in [0.717, 1.165) is 11.3 Å². The second kappa shape index (κ2) is 5.09. The minimum absolute atomic E-state index is 0.358. The van der Waals surface area contributed by atoms with Crippen LogP contribution in [0.15, 0.2) is 24.3 Å². The van der Waals surface area contributed by atoms with E-state index in [2.05, 4.69) is 0 Å². The SMILES string of the molecule is CC(O)CN(C)c1cccc(C(N)=S)c1. The molecule has 0 aliphatic carbocycles. The molecule has 1 unspecified atom stereocenters. The highest BCUT2D eigenvalue weighted by Crippen LogP contribution is 2.14. The molecule has 0 spiro atoms. The first kappa shape index (κ1) is 11.9. The number of nitrogens with two attached hydrogens (primary N) is 1. The van der Waals surface area contributed by atoms with Crippen molar-refractivity contribution >= 4 is 22.9 Å². The van der Waals surface area contributed by atoms with Crippen LogP contribution in [-0.2, 0) is 0 Å². The van der Waals surface area contributed by atoms with Crippen molar-refractivity contribution in [2.24, 2.45) is 5.73 Å². The quantitative estimate of drug-likeness (QED) is 0.753. The standard InChI is InChI=1S/C11H16N2OS/c1-8(14)7-13(2)10-5-3-4-9(6-10)11(12)15/h3-6,8,14H,7H2,1-2H3,(H2,12,15). The molecular weight excluding hydrogens is 208 g/mol. The van der Waals surface area contributed by atoms with E-state index < -0.39 is 0 Å². The number of hydrogen-bond acceptors (Lipinski definition) is 3. The summed E-state index contributed by atoms with van der Waals surface area (Å²) in [4.78, 5) is 2.36. The van der Waals surface area contributed by atoms with E-state index >= 15 is 0 Å². The van der Waals surface area contributed by atoms with E-state index in [1.807, 2.05) is 36.2 Å². The first-order valence-electron chi connectivity index (χ1n) is 4.80. The Morgan fingerprint density at radius 2 is 2.27 bits per heavy atom. The lowest BCUT2D eigenvalue weighted by Crippen LogP contribution is -2.27. The van der Waals surface area contributed by atoms with Gasteiger partial charge in [-0.05, 0) is 19.1 Å². The van der Waals surface area contributed by atoms with Gasteiger partial charge < -0.3 is 15.7 Å². The lowest BCUT2D eigenvalue weighted by atomic mass is 10.2.